The van der Waals surface area contributed by atoms with Crippen LogP contribution >= 0.6 is 0 Å². The summed E-state index contributed by atoms with van der Waals surface area (Å²) in [4.78, 5) is 0. The van der Waals surface area contributed by atoms with E-state index in [9.17, 15) is 0 Å². The summed E-state index contributed by atoms with van der Waals surface area (Å²) in [5, 5.41) is 0. The molecule has 10 rings (SSSR count). The standard InChI is InChI=1S/C63H54N3/c1-43-13-19-49(20-14-43)58-61(52-31-25-46(26-32-52)55-10-7-37-64(4)40-55)59(50-21-15-44(2)16-22-50)63(54-35-29-48(30-36-54)57-12-9-39-66(6)42-57)60(51-23-17-45(3)18-24-51)62(58)53-33-27-47(28-34-53)56-11-8-38-65(5)41-56/h7-42H,1-6H3/q+3. The average Bonchev–Trinajstić information content (AvgIpc) is 3.34. The molecule has 0 radical (unpaired) electrons. The van der Waals surface area contributed by atoms with Gasteiger partial charge in [-0.2, -0.15) is 0 Å². The Bertz CT molecular complexity index is 2960. The van der Waals surface area contributed by atoms with Gasteiger partial charge in [0.1, 0.15) is 21.1 Å². The van der Waals surface area contributed by atoms with Gasteiger partial charge in [-0.1, -0.05) is 162 Å². The lowest BCUT2D eigenvalue weighted by atomic mass is 9.74. The van der Waals surface area contributed by atoms with Gasteiger partial charge in [0.25, 0.3) is 0 Å². The third kappa shape index (κ3) is 8.40. The van der Waals surface area contributed by atoms with E-state index in [1.54, 1.807) is 0 Å². The van der Waals surface area contributed by atoms with Crippen LogP contribution in [0.2, 0.25) is 0 Å². The van der Waals surface area contributed by atoms with E-state index in [1.807, 2.05) is 0 Å². The number of benzene rings is 7. The zero-order valence-corrected chi connectivity index (χ0v) is 38.6. The van der Waals surface area contributed by atoms with Crippen LogP contribution in [0.1, 0.15) is 16.7 Å². The van der Waals surface area contributed by atoms with E-state index in [0.717, 1.165) is 16.7 Å². The molecule has 0 saturated carbocycles. The van der Waals surface area contributed by atoms with Gasteiger partial charge >= 0.3 is 0 Å². The number of aromatic nitrogens is 3. The van der Waals surface area contributed by atoms with Crippen molar-refractivity contribution in [2.45, 2.75) is 20.8 Å². The first-order valence-corrected chi connectivity index (χ1v) is 22.8. The fourth-order valence-corrected chi connectivity index (χ4v) is 9.41. The number of rotatable bonds is 9. The smallest absolute Gasteiger partial charge is 0.176 e. The van der Waals surface area contributed by atoms with Crippen molar-refractivity contribution >= 4 is 0 Å². The topological polar surface area (TPSA) is 11.6 Å². The van der Waals surface area contributed by atoms with E-state index in [4.69, 9.17) is 0 Å². The molecule has 3 heterocycles. The summed E-state index contributed by atoms with van der Waals surface area (Å²) in [5.74, 6) is 0. The van der Waals surface area contributed by atoms with Crippen LogP contribution in [-0.2, 0) is 21.1 Å². The number of nitrogens with zero attached hydrogens (tertiary/aromatic N) is 3. The third-order valence-electron chi connectivity index (χ3n) is 12.9. The van der Waals surface area contributed by atoms with Crippen molar-refractivity contribution in [2.75, 3.05) is 0 Å². The molecule has 0 amide bonds. The Labute approximate surface area is 389 Å². The highest BCUT2D eigenvalue weighted by Gasteiger charge is 2.29. The second kappa shape index (κ2) is 17.9. The Morgan fingerprint density at radius 3 is 0.591 bits per heavy atom. The monoisotopic (exact) mass is 852 g/mol. The van der Waals surface area contributed by atoms with E-state index in [0.29, 0.717) is 0 Å². The van der Waals surface area contributed by atoms with Gasteiger partial charge in [-0.05, 0) is 122 Å². The van der Waals surface area contributed by atoms with Gasteiger partial charge < -0.3 is 0 Å². The van der Waals surface area contributed by atoms with Crippen molar-refractivity contribution in [3.63, 3.8) is 0 Å². The van der Waals surface area contributed by atoms with Gasteiger partial charge in [0, 0.05) is 34.9 Å². The molecule has 0 unspecified atom stereocenters. The predicted octanol–water partition coefficient (Wildman–Crippen LogP) is 14.1. The Hall–Kier alpha value is -8.01. The highest BCUT2D eigenvalue weighted by molar-refractivity contribution is 6.15. The zero-order chi connectivity index (χ0) is 45.3. The molecule has 0 aliphatic heterocycles. The highest BCUT2D eigenvalue weighted by Crippen LogP contribution is 2.56. The molecular formula is C63H54N3+3. The second-order valence-corrected chi connectivity index (χ2v) is 17.9. The molecule has 0 N–H and O–H groups in total. The first-order chi connectivity index (χ1) is 32.2. The van der Waals surface area contributed by atoms with Crippen molar-refractivity contribution in [2.24, 2.45) is 21.1 Å². The molecule has 0 aliphatic carbocycles. The van der Waals surface area contributed by atoms with Crippen LogP contribution in [0, 0.1) is 20.8 Å². The van der Waals surface area contributed by atoms with Crippen molar-refractivity contribution < 1.29 is 13.7 Å². The highest BCUT2D eigenvalue weighted by atomic mass is 14.9. The quantitative estimate of drug-likeness (QED) is 0.128. The summed E-state index contributed by atoms with van der Waals surface area (Å²) in [7, 11) is 6.24. The van der Waals surface area contributed by atoms with Crippen LogP contribution < -0.4 is 13.7 Å². The van der Waals surface area contributed by atoms with Crippen LogP contribution in [-0.4, -0.2) is 0 Å². The summed E-state index contributed by atoms with van der Waals surface area (Å²) in [6, 6.07) is 68.1. The lowest BCUT2D eigenvalue weighted by Crippen LogP contribution is -2.26. The summed E-state index contributed by atoms with van der Waals surface area (Å²) in [6.45, 7) is 6.52. The first kappa shape index (κ1) is 42.0. The van der Waals surface area contributed by atoms with Gasteiger partial charge in [-0.25, -0.2) is 13.7 Å². The maximum Gasteiger partial charge on any atom is 0.176 e. The molecule has 3 aromatic heterocycles. The minimum Gasteiger partial charge on any atom is -0.207 e. The van der Waals surface area contributed by atoms with E-state index in [1.165, 1.54) is 100 Å². The van der Waals surface area contributed by atoms with Crippen LogP contribution in [0.4, 0.5) is 0 Å². The molecule has 0 saturated heterocycles. The Morgan fingerprint density at radius 1 is 0.212 bits per heavy atom. The molecule has 10 aromatic rings. The second-order valence-electron chi connectivity index (χ2n) is 17.9. The van der Waals surface area contributed by atoms with Gasteiger partial charge in [0.2, 0.25) is 0 Å². The molecule has 3 nitrogen and oxygen atoms in total. The number of hydrogen-bond donors (Lipinski definition) is 0. The van der Waals surface area contributed by atoms with Crippen LogP contribution in [0.3, 0.4) is 0 Å². The average molecular weight is 853 g/mol. The van der Waals surface area contributed by atoms with E-state index in [2.05, 4.69) is 275 Å². The zero-order valence-electron chi connectivity index (χ0n) is 38.6. The molecule has 66 heavy (non-hydrogen) atoms. The van der Waals surface area contributed by atoms with E-state index in [-0.39, 0.29) is 0 Å². The Kier molecular flexibility index (Phi) is 11.4. The normalized spacial score (nSPS) is 11.2. The fourth-order valence-electron chi connectivity index (χ4n) is 9.41. The first-order valence-electron chi connectivity index (χ1n) is 22.8. The van der Waals surface area contributed by atoms with Crippen molar-refractivity contribution in [1.82, 2.24) is 0 Å². The summed E-state index contributed by atoms with van der Waals surface area (Å²) < 4.78 is 6.34. The largest absolute Gasteiger partial charge is 0.207 e. The molecule has 0 aliphatic rings. The van der Waals surface area contributed by atoms with Gasteiger partial charge in [0.05, 0.1) is 0 Å². The molecule has 318 valence electrons. The maximum absolute atomic E-state index is 2.34. The molecule has 0 atom stereocenters. The SMILES string of the molecule is Cc1ccc(-c2c(-c3ccc(-c4ccc[n+](C)c4)cc3)c(-c3ccc(C)cc3)c(-c3ccc(-c4ccc[n+](C)c4)cc3)c(-c3ccc(C)cc3)c2-c2ccc(-c3ccc[n+](C)c3)cc2)cc1. The molecular weight excluding hydrogens is 799 g/mol. The van der Waals surface area contributed by atoms with Crippen molar-refractivity contribution in [3.8, 4) is 100 Å². The minimum atomic E-state index is 1.16. The van der Waals surface area contributed by atoms with Crippen molar-refractivity contribution in [1.29, 1.82) is 0 Å². The van der Waals surface area contributed by atoms with Gasteiger partial charge in [-0.3, -0.25) is 0 Å². The predicted molar refractivity (Wildman–Crippen MR) is 273 cm³/mol. The summed E-state index contributed by atoms with van der Waals surface area (Å²) in [5.41, 5.74) is 24.9. The Balaban J connectivity index is 1.38. The van der Waals surface area contributed by atoms with Crippen molar-refractivity contribution in [3.05, 3.63) is 236 Å². The van der Waals surface area contributed by atoms with Gasteiger partial charge in [0.15, 0.2) is 37.2 Å². The van der Waals surface area contributed by atoms with E-state index < -0.39 is 0 Å². The van der Waals surface area contributed by atoms with Crippen LogP contribution in [0.25, 0.3) is 100 Å². The van der Waals surface area contributed by atoms with E-state index >= 15 is 0 Å². The lowest BCUT2D eigenvalue weighted by molar-refractivity contribution is -0.671. The number of hydrogen-bond acceptors (Lipinski definition) is 0. The van der Waals surface area contributed by atoms with Crippen LogP contribution in [0.5, 0.6) is 0 Å². The third-order valence-corrected chi connectivity index (χ3v) is 12.9. The summed E-state index contributed by atoms with van der Waals surface area (Å²) in [6.07, 6.45) is 12.8. The molecule has 0 spiro atoms. The molecule has 3 heteroatoms. The molecule has 0 bridgehead atoms. The lowest BCUT2D eigenvalue weighted by Gasteiger charge is -2.29. The Morgan fingerprint density at radius 2 is 0.394 bits per heavy atom. The summed E-state index contributed by atoms with van der Waals surface area (Å²) >= 11 is 0. The minimum absolute atomic E-state index is 1.16. The molecule has 0 fully saturated rings. The maximum atomic E-state index is 2.34. The number of aryl methyl sites for hydroxylation is 6. The van der Waals surface area contributed by atoms with Crippen LogP contribution in [0.15, 0.2) is 219 Å². The fraction of sp³-hybridized carbons (Fsp3) is 0.0952. The van der Waals surface area contributed by atoms with Gasteiger partial charge in [-0.15, -0.1) is 0 Å². The molecule has 7 aromatic carbocycles. The number of pyridine rings is 3.